The molecule has 266 valence electrons. The molecule has 3 amide bonds. The molecule has 13 unspecified atom stereocenters. The van der Waals surface area contributed by atoms with Gasteiger partial charge < -0.3 is 35.0 Å². The van der Waals surface area contributed by atoms with E-state index in [1.54, 1.807) is 4.90 Å². The Hall–Kier alpha value is -1.90. The second kappa shape index (κ2) is 14.5. The average Bonchev–Trinajstić information content (AvgIpc) is 3.05. The van der Waals surface area contributed by atoms with Crippen LogP contribution < -0.4 is 16.0 Å². The van der Waals surface area contributed by atoms with Crippen LogP contribution in [-0.2, 0) is 14.3 Å². The van der Waals surface area contributed by atoms with Gasteiger partial charge in [0.05, 0.1) is 37.2 Å². The number of rotatable bonds is 5. The van der Waals surface area contributed by atoms with Gasteiger partial charge in [-0.05, 0) is 64.5 Å². The Bertz CT molecular complexity index is 1140. The summed E-state index contributed by atoms with van der Waals surface area (Å²) in [4.78, 5) is 32.9. The van der Waals surface area contributed by atoms with Crippen LogP contribution in [0.3, 0.4) is 0 Å². The van der Waals surface area contributed by atoms with Gasteiger partial charge in [-0.15, -0.1) is 0 Å². The SMILES string of the molecule is C=CC(=O)N1CCN(C2NC(=O)N3C4NC(C(F)CC42)C2C(F)CCCC2OCC(O)C(OCC)C2CCNC(C(C)C)C23)[C@@H](C)C1. The average molecular weight is 667 g/mol. The molecule has 2 bridgehead atoms. The maximum Gasteiger partial charge on any atom is 0.320 e. The number of hydrogen-bond donors (Lipinski definition) is 4. The predicted octanol–water partition coefficient (Wildman–Crippen LogP) is 2.00. The molecule has 1 aliphatic carbocycles. The summed E-state index contributed by atoms with van der Waals surface area (Å²) in [5.41, 5.74) is 0. The molecular formula is C34H56F2N6O5. The molecule has 14 atom stereocenters. The van der Waals surface area contributed by atoms with E-state index >= 15 is 8.78 Å². The molecule has 6 rings (SSSR count). The lowest BCUT2D eigenvalue weighted by Crippen LogP contribution is -2.80. The molecule has 47 heavy (non-hydrogen) atoms. The van der Waals surface area contributed by atoms with Crippen LogP contribution in [0.5, 0.6) is 0 Å². The van der Waals surface area contributed by atoms with Crippen LogP contribution in [0.4, 0.5) is 13.6 Å². The first kappa shape index (κ1) is 34.9. The molecule has 11 nitrogen and oxygen atoms in total. The van der Waals surface area contributed by atoms with Crippen LogP contribution in [0.15, 0.2) is 12.7 Å². The molecule has 6 fully saturated rings. The van der Waals surface area contributed by atoms with Crippen molar-refractivity contribution >= 4 is 11.9 Å². The minimum Gasteiger partial charge on any atom is -0.388 e. The van der Waals surface area contributed by atoms with Gasteiger partial charge in [0, 0.05) is 62.1 Å². The maximum absolute atomic E-state index is 16.7. The molecule has 0 spiro atoms. The molecule has 6 aliphatic rings. The van der Waals surface area contributed by atoms with Crippen molar-refractivity contribution in [3.63, 3.8) is 0 Å². The number of carbonyl (C=O) groups is 2. The number of piperidine rings is 2. The monoisotopic (exact) mass is 666 g/mol. The van der Waals surface area contributed by atoms with Crippen molar-refractivity contribution in [2.75, 3.05) is 39.4 Å². The van der Waals surface area contributed by atoms with Gasteiger partial charge in [-0.25, -0.2) is 13.6 Å². The summed E-state index contributed by atoms with van der Waals surface area (Å²) in [6, 6.07) is -1.73. The first-order valence-electron chi connectivity index (χ1n) is 18.0. The van der Waals surface area contributed by atoms with Crippen molar-refractivity contribution in [3.05, 3.63) is 12.7 Å². The van der Waals surface area contributed by atoms with Crippen molar-refractivity contribution < 1.29 is 33.0 Å². The van der Waals surface area contributed by atoms with E-state index < -0.39 is 61.0 Å². The van der Waals surface area contributed by atoms with Crippen molar-refractivity contribution in [3.8, 4) is 0 Å². The fourth-order valence-electron chi connectivity index (χ4n) is 9.85. The first-order chi connectivity index (χ1) is 22.5. The van der Waals surface area contributed by atoms with Crippen molar-refractivity contribution in [1.82, 2.24) is 30.7 Å². The minimum atomic E-state index is -1.37. The molecule has 1 saturated carbocycles. The molecule has 0 aromatic carbocycles. The Kier molecular flexibility index (Phi) is 10.8. The van der Waals surface area contributed by atoms with E-state index in [2.05, 4.69) is 41.3 Å². The summed E-state index contributed by atoms with van der Waals surface area (Å²) in [6.45, 7) is 14.3. The quantitative estimate of drug-likeness (QED) is 0.330. The van der Waals surface area contributed by atoms with Gasteiger partial charge in [0.1, 0.15) is 18.4 Å². The fourth-order valence-corrected chi connectivity index (χ4v) is 9.85. The molecule has 0 radical (unpaired) electrons. The van der Waals surface area contributed by atoms with Crippen LogP contribution in [0.2, 0.25) is 0 Å². The Balaban J connectivity index is 1.43. The zero-order chi connectivity index (χ0) is 33.6. The number of alkyl halides is 2. The number of fused-ring (bicyclic) bond motifs is 5. The largest absolute Gasteiger partial charge is 0.388 e. The van der Waals surface area contributed by atoms with Crippen LogP contribution in [-0.4, -0.2) is 138 Å². The Morgan fingerprint density at radius 3 is 2.66 bits per heavy atom. The number of aliphatic hydroxyl groups is 1. The number of urea groups is 1. The minimum absolute atomic E-state index is 0.0379. The number of nitrogens with zero attached hydrogens (tertiary/aromatic N) is 3. The zero-order valence-electron chi connectivity index (χ0n) is 28.4. The third kappa shape index (κ3) is 6.57. The summed E-state index contributed by atoms with van der Waals surface area (Å²) >= 11 is 0. The third-order valence-corrected chi connectivity index (χ3v) is 12.0. The number of ether oxygens (including phenoxy) is 2. The number of carbonyl (C=O) groups excluding carboxylic acids is 2. The Morgan fingerprint density at radius 2 is 1.96 bits per heavy atom. The maximum atomic E-state index is 16.7. The van der Waals surface area contributed by atoms with Gasteiger partial charge >= 0.3 is 6.03 Å². The highest BCUT2D eigenvalue weighted by Crippen LogP contribution is 2.44. The lowest BCUT2D eigenvalue weighted by atomic mass is 9.71. The van der Waals surface area contributed by atoms with E-state index in [9.17, 15) is 14.7 Å². The number of nitrogens with one attached hydrogen (secondary N) is 3. The summed E-state index contributed by atoms with van der Waals surface area (Å²) in [7, 11) is 0. The van der Waals surface area contributed by atoms with Gasteiger partial charge in [-0.2, -0.15) is 0 Å². The van der Waals surface area contributed by atoms with Gasteiger partial charge in [-0.3, -0.25) is 15.0 Å². The topological polar surface area (TPSA) is 119 Å². The molecule has 5 heterocycles. The van der Waals surface area contributed by atoms with Gasteiger partial charge in [-0.1, -0.05) is 20.4 Å². The number of hydrogen-bond acceptors (Lipinski definition) is 8. The van der Waals surface area contributed by atoms with Crippen molar-refractivity contribution in [2.24, 2.45) is 23.7 Å². The van der Waals surface area contributed by atoms with E-state index in [4.69, 9.17) is 9.47 Å². The highest BCUT2D eigenvalue weighted by Gasteiger charge is 2.59. The second-order valence-electron chi connectivity index (χ2n) is 15.0. The molecule has 0 aromatic rings. The van der Waals surface area contributed by atoms with Crippen LogP contribution in [0.25, 0.3) is 0 Å². The smallest absolute Gasteiger partial charge is 0.320 e. The predicted molar refractivity (Wildman–Crippen MR) is 173 cm³/mol. The van der Waals surface area contributed by atoms with Crippen LogP contribution in [0, 0.1) is 23.7 Å². The molecule has 0 aromatic heterocycles. The summed E-state index contributed by atoms with van der Waals surface area (Å²) in [5, 5.41) is 22.2. The van der Waals surface area contributed by atoms with E-state index in [-0.39, 0.29) is 54.8 Å². The number of aliphatic hydroxyl groups excluding tert-OH is 1. The highest BCUT2D eigenvalue weighted by molar-refractivity contribution is 5.87. The number of amides is 3. The fraction of sp³-hybridized carbons (Fsp3) is 0.882. The lowest BCUT2D eigenvalue weighted by molar-refractivity contribution is -0.166. The molecule has 5 saturated heterocycles. The van der Waals surface area contributed by atoms with E-state index in [0.717, 1.165) is 0 Å². The first-order valence-corrected chi connectivity index (χ1v) is 18.0. The normalized spacial score (nSPS) is 44.8. The van der Waals surface area contributed by atoms with E-state index in [1.165, 1.54) is 6.08 Å². The molecule has 13 heteroatoms. The van der Waals surface area contributed by atoms with Crippen LogP contribution in [0.1, 0.15) is 59.8 Å². The summed E-state index contributed by atoms with van der Waals surface area (Å²) < 4.78 is 45.2. The third-order valence-electron chi connectivity index (χ3n) is 12.0. The van der Waals surface area contributed by atoms with E-state index in [1.807, 2.05) is 18.7 Å². The van der Waals surface area contributed by atoms with E-state index in [0.29, 0.717) is 58.5 Å². The van der Waals surface area contributed by atoms with Crippen molar-refractivity contribution in [1.29, 1.82) is 0 Å². The summed E-state index contributed by atoms with van der Waals surface area (Å²) in [6.07, 6.45) is -2.20. The van der Waals surface area contributed by atoms with Gasteiger partial charge in [0.15, 0.2) is 0 Å². The molecule has 5 aliphatic heterocycles. The summed E-state index contributed by atoms with van der Waals surface area (Å²) in [5.74, 6) is -1.34. The highest BCUT2D eigenvalue weighted by atomic mass is 19.1. The lowest BCUT2D eigenvalue weighted by Gasteiger charge is -2.61. The van der Waals surface area contributed by atoms with Crippen molar-refractivity contribution in [2.45, 2.75) is 127 Å². The number of piperazine rings is 1. The number of halogens is 2. The second-order valence-corrected chi connectivity index (χ2v) is 15.0. The van der Waals surface area contributed by atoms with Gasteiger partial charge in [0.2, 0.25) is 5.91 Å². The molecule has 4 N–H and O–H groups in total. The molecular weight excluding hydrogens is 610 g/mol. The standard InChI is InChI=1S/C34H56F2N6O5/c1-6-26(44)40-13-14-41(19(5)16-40)32-21-15-23(36)29-27-22(35)9-8-10-25(27)47-17-24(43)31(46-7-2)20-11-12-37-28(18(3)4)30(20)42(33(21)38-29)34(45)39-32/h6,18-25,27-33,37-38,43H,1,7-17H2,2-5H3,(H,39,45)/t19-,20?,21?,22?,23?,24?,25?,27?,28?,29?,30?,31?,32?,33?/m0/s1. The van der Waals surface area contributed by atoms with Gasteiger partial charge in [0.25, 0.3) is 0 Å². The Labute approximate surface area is 278 Å². The zero-order valence-corrected chi connectivity index (χ0v) is 28.4. The Morgan fingerprint density at radius 1 is 1.17 bits per heavy atom. The van der Waals surface area contributed by atoms with Crippen LogP contribution >= 0.6 is 0 Å².